The number of aromatic nitrogens is 4. The van der Waals surface area contributed by atoms with E-state index in [-0.39, 0.29) is 11.4 Å². The number of rotatable bonds is 4. The molecule has 10 heteroatoms. The zero-order valence-electron chi connectivity index (χ0n) is 15.9. The molecule has 0 N–H and O–H groups in total. The molecule has 1 atom stereocenters. The molecule has 1 unspecified atom stereocenters. The molecule has 1 aromatic carbocycles. The van der Waals surface area contributed by atoms with Crippen LogP contribution in [0.5, 0.6) is 5.75 Å². The third kappa shape index (κ3) is 3.00. The van der Waals surface area contributed by atoms with Gasteiger partial charge >= 0.3 is 5.69 Å². The van der Waals surface area contributed by atoms with Crippen molar-refractivity contribution >= 4 is 32.9 Å². The van der Waals surface area contributed by atoms with Crippen LogP contribution in [0.4, 0.5) is 5.69 Å². The zero-order chi connectivity index (χ0) is 20.1. The topological polar surface area (TPSA) is 98.7 Å². The number of benzene rings is 1. The number of para-hydroxylation sites is 2. The van der Waals surface area contributed by atoms with Gasteiger partial charge in [-0.1, -0.05) is 12.1 Å². The molecule has 0 radical (unpaired) electrons. The molecule has 1 aliphatic heterocycles. The highest BCUT2D eigenvalue weighted by Crippen LogP contribution is 2.36. The molecule has 0 saturated heterocycles. The Morgan fingerprint density at radius 1 is 1.34 bits per heavy atom. The first-order valence-corrected chi connectivity index (χ1v) is 10.1. The third-order valence-corrected chi connectivity index (χ3v) is 6.24. The average Bonchev–Trinajstić information content (AvgIpc) is 3.28. The summed E-state index contributed by atoms with van der Waals surface area (Å²) in [5.74, 6) is 0.661. The van der Waals surface area contributed by atoms with Crippen molar-refractivity contribution < 1.29 is 9.66 Å². The van der Waals surface area contributed by atoms with E-state index in [1.54, 1.807) is 47.3 Å². The van der Waals surface area contributed by atoms with Crippen molar-refractivity contribution in [3.05, 3.63) is 57.0 Å². The first kappa shape index (κ1) is 18.0. The van der Waals surface area contributed by atoms with Crippen LogP contribution in [0, 0.1) is 10.1 Å². The molecular formula is C19H18N6O3S. The van der Waals surface area contributed by atoms with Gasteiger partial charge in [0.15, 0.2) is 23.3 Å². The first-order valence-electron chi connectivity index (χ1n) is 9.25. The lowest BCUT2D eigenvalue weighted by Gasteiger charge is -2.21. The summed E-state index contributed by atoms with van der Waals surface area (Å²) in [6, 6.07) is 6.31. The van der Waals surface area contributed by atoms with E-state index < -0.39 is 11.0 Å². The maximum atomic E-state index is 11.2. The highest BCUT2D eigenvalue weighted by Gasteiger charge is 2.24. The maximum absolute atomic E-state index is 11.2. The van der Waals surface area contributed by atoms with Crippen LogP contribution in [-0.4, -0.2) is 43.0 Å². The molecule has 148 valence electrons. The summed E-state index contributed by atoms with van der Waals surface area (Å²) in [4.78, 5) is 24.6. The monoisotopic (exact) mass is 410 g/mol. The van der Waals surface area contributed by atoms with Crippen molar-refractivity contribution in [1.29, 1.82) is 0 Å². The van der Waals surface area contributed by atoms with E-state index in [2.05, 4.69) is 22.0 Å². The van der Waals surface area contributed by atoms with Gasteiger partial charge in [-0.05, 0) is 32.0 Å². The fraction of sp³-hybridized carbons (Fsp3) is 0.316. The summed E-state index contributed by atoms with van der Waals surface area (Å²) < 4.78 is 7.51. The smallest absolute Gasteiger partial charge is 0.310 e. The van der Waals surface area contributed by atoms with Gasteiger partial charge in [-0.25, -0.2) is 14.5 Å². The third-order valence-electron chi connectivity index (χ3n) is 5.11. The lowest BCUT2D eigenvalue weighted by Crippen LogP contribution is -2.25. The summed E-state index contributed by atoms with van der Waals surface area (Å²) in [5, 5.41) is 16.8. The molecule has 1 aliphatic rings. The van der Waals surface area contributed by atoms with Crippen LogP contribution in [0.2, 0.25) is 0 Å². The van der Waals surface area contributed by atoms with E-state index in [4.69, 9.17) is 9.72 Å². The summed E-state index contributed by atoms with van der Waals surface area (Å²) >= 11 is 1.70. The molecule has 0 fully saturated rings. The average molecular weight is 410 g/mol. The van der Waals surface area contributed by atoms with Crippen LogP contribution >= 0.6 is 11.3 Å². The Morgan fingerprint density at radius 2 is 2.17 bits per heavy atom. The number of hydrogen-bond acceptors (Lipinski definition) is 8. The fourth-order valence-corrected chi connectivity index (χ4v) is 4.92. The molecule has 0 aliphatic carbocycles. The number of nitro groups is 1. The van der Waals surface area contributed by atoms with Crippen LogP contribution in [-0.2, 0) is 13.0 Å². The second-order valence-electron chi connectivity index (χ2n) is 7.14. The van der Waals surface area contributed by atoms with Crippen LogP contribution in [0.1, 0.15) is 29.3 Å². The molecule has 9 nitrogen and oxygen atoms in total. The normalized spacial score (nSPS) is 15.5. The van der Waals surface area contributed by atoms with Crippen molar-refractivity contribution in [3.63, 3.8) is 0 Å². The van der Waals surface area contributed by atoms with Gasteiger partial charge in [-0.2, -0.15) is 0 Å². The maximum Gasteiger partial charge on any atom is 0.310 e. The van der Waals surface area contributed by atoms with Crippen molar-refractivity contribution in [2.75, 3.05) is 13.6 Å². The van der Waals surface area contributed by atoms with Gasteiger partial charge in [-0.3, -0.25) is 10.1 Å². The summed E-state index contributed by atoms with van der Waals surface area (Å²) in [6.45, 7) is 3.70. The number of hydrogen-bond donors (Lipinski definition) is 0. The van der Waals surface area contributed by atoms with Gasteiger partial charge in [0.05, 0.1) is 10.3 Å². The van der Waals surface area contributed by atoms with Crippen LogP contribution in [0.3, 0.4) is 0 Å². The van der Waals surface area contributed by atoms with Gasteiger partial charge in [0, 0.05) is 24.0 Å². The number of ether oxygens (including phenoxy) is 1. The lowest BCUT2D eigenvalue weighted by molar-refractivity contribution is -0.386. The second-order valence-corrected chi connectivity index (χ2v) is 8.22. The molecule has 5 rings (SSSR count). The van der Waals surface area contributed by atoms with Gasteiger partial charge in [0.25, 0.3) is 0 Å². The highest BCUT2D eigenvalue weighted by molar-refractivity contribution is 7.19. The number of likely N-dealkylation sites (N-methyl/N-ethyl adjacent to an activating group) is 1. The van der Waals surface area contributed by atoms with Gasteiger partial charge in [-0.15, -0.1) is 16.4 Å². The molecule has 0 saturated carbocycles. The zero-order valence-corrected chi connectivity index (χ0v) is 16.7. The van der Waals surface area contributed by atoms with Gasteiger partial charge < -0.3 is 9.64 Å². The number of fused-ring (bicyclic) bond motifs is 5. The van der Waals surface area contributed by atoms with Crippen molar-refractivity contribution in [2.45, 2.75) is 26.0 Å². The Bertz CT molecular complexity index is 1250. The predicted molar refractivity (Wildman–Crippen MR) is 108 cm³/mol. The quantitative estimate of drug-likeness (QED) is 0.376. The second kappa shape index (κ2) is 6.75. The van der Waals surface area contributed by atoms with Crippen molar-refractivity contribution in [1.82, 2.24) is 24.5 Å². The van der Waals surface area contributed by atoms with Crippen LogP contribution in [0.25, 0.3) is 15.9 Å². The summed E-state index contributed by atoms with van der Waals surface area (Å²) in [7, 11) is 2.12. The molecular weight excluding hydrogens is 392 g/mol. The predicted octanol–water partition coefficient (Wildman–Crippen LogP) is 3.38. The molecule has 4 aromatic rings. The Labute approximate surface area is 169 Å². The Morgan fingerprint density at radius 3 is 3.00 bits per heavy atom. The Kier molecular flexibility index (Phi) is 4.18. The number of nitro benzene ring substituents is 1. The van der Waals surface area contributed by atoms with E-state index in [0.717, 1.165) is 35.4 Å². The van der Waals surface area contributed by atoms with E-state index in [1.165, 1.54) is 16.5 Å². The van der Waals surface area contributed by atoms with Crippen LogP contribution in [0.15, 0.2) is 30.6 Å². The largest absolute Gasteiger partial charge is 0.476 e. The summed E-state index contributed by atoms with van der Waals surface area (Å²) in [6.07, 6.45) is 2.07. The van der Waals surface area contributed by atoms with E-state index in [0.29, 0.717) is 5.82 Å². The van der Waals surface area contributed by atoms with Crippen LogP contribution < -0.4 is 4.74 Å². The highest BCUT2D eigenvalue weighted by atomic mass is 32.1. The van der Waals surface area contributed by atoms with E-state index >= 15 is 0 Å². The van der Waals surface area contributed by atoms with Crippen molar-refractivity contribution in [2.24, 2.45) is 0 Å². The molecule has 0 amide bonds. The van der Waals surface area contributed by atoms with Crippen molar-refractivity contribution in [3.8, 4) is 5.75 Å². The Hall–Kier alpha value is -3.11. The van der Waals surface area contributed by atoms with E-state index in [1.807, 2.05) is 0 Å². The van der Waals surface area contributed by atoms with Gasteiger partial charge in [0.1, 0.15) is 11.2 Å². The molecule has 0 bridgehead atoms. The molecule has 0 spiro atoms. The first-order chi connectivity index (χ1) is 14.0. The minimum Gasteiger partial charge on any atom is -0.476 e. The minimum absolute atomic E-state index is 0.0804. The van der Waals surface area contributed by atoms with Gasteiger partial charge in [0.2, 0.25) is 0 Å². The number of thiophene rings is 1. The molecule has 3 aromatic heterocycles. The SMILES string of the molecule is CC(Oc1ccccc1[N+](=O)[O-])c1nc2c3c4c(sc3ncn2n1)CN(C)CC4. The summed E-state index contributed by atoms with van der Waals surface area (Å²) in [5.41, 5.74) is 1.97. The fourth-order valence-electron chi connectivity index (χ4n) is 3.66. The lowest BCUT2D eigenvalue weighted by atomic mass is 10.1. The standard InChI is InChI=1S/C19H18N6O3S/c1-11(28-14-6-4-3-5-13(14)25(26)27)17-21-18-16-12-7-8-23(2)9-15(12)29-19(16)20-10-24(18)22-17/h3-6,10-11H,7-9H2,1-2H3. The minimum atomic E-state index is -0.549. The number of nitrogens with zero attached hydrogens (tertiary/aromatic N) is 6. The Balaban J connectivity index is 1.55. The van der Waals surface area contributed by atoms with E-state index in [9.17, 15) is 10.1 Å². The molecule has 4 heterocycles. The molecule has 29 heavy (non-hydrogen) atoms.